The monoisotopic (exact) mass is 482 g/mol. The minimum atomic E-state index is -0.343. The van der Waals surface area contributed by atoms with Crippen molar-refractivity contribution in [1.82, 2.24) is 25.1 Å². The Hall–Kier alpha value is -4.53. The number of amides is 1. The first-order valence-electron chi connectivity index (χ1n) is 11.8. The summed E-state index contributed by atoms with van der Waals surface area (Å²) in [6, 6.07) is 22.6. The molecule has 2 aromatic heterocycles. The maximum absolute atomic E-state index is 13.1. The van der Waals surface area contributed by atoms with Crippen molar-refractivity contribution in [3.63, 3.8) is 0 Å². The number of ether oxygens (including phenoxy) is 1. The van der Waals surface area contributed by atoms with Crippen LogP contribution in [-0.2, 0) is 6.42 Å². The second-order valence-electron chi connectivity index (χ2n) is 8.52. The van der Waals surface area contributed by atoms with Crippen LogP contribution in [0.4, 0.5) is 5.82 Å². The molecule has 1 aliphatic heterocycles. The van der Waals surface area contributed by atoms with Crippen LogP contribution in [0, 0.1) is 0 Å². The van der Waals surface area contributed by atoms with Crippen LogP contribution in [0.5, 0.6) is 5.75 Å². The van der Waals surface area contributed by atoms with E-state index in [1.165, 1.54) is 6.07 Å². The number of nitrogens with zero attached hydrogens (tertiary/aromatic N) is 5. The zero-order chi connectivity index (χ0) is 24.9. The van der Waals surface area contributed by atoms with Crippen LogP contribution in [-0.4, -0.2) is 64.3 Å². The number of methoxy groups -OCH3 is 1. The first-order valence-corrected chi connectivity index (χ1v) is 11.8. The average Bonchev–Trinajstić information content (AvgIpc) is 2.93. The minimum Gasteiger partial charge on any atom is -0.497 e. The Bertz CT molecular complexity index is 1380. The molecule has 1 aliphatic rings. The first kappa shape index (κ1) is 23.2. The Morgan fingerprint density at radius 2 is 1.69 bits per heavy atom. The minimum absolute atomic E-state index is 0.155. The van der Waals surface area contributed by atoms with E-state index in [4.69, 9.17) is 4.74 Å². The average molecular weight is 483 g/mol. The molecule has 1 saturated heterocycles. The predicted molar refractivity (Wildman–Crippen MR) is 136 cm³/mol. The summed E-state index contributed by atoms with van der Waals surface area (Å²) in [6.45, 7) is 2.24. The van der Waals surface area contributed by atoms with E-state index in [0.29, 0.717) is 38.4 Å². The van der Waals surface area contributed by atoms with E-state index in [2.05, 4.69) is 25.1 Å². The van der Waals surface area contributed by atoms with Gasteiger partial charge in [-0.05, 0) is 29.8 Å². The third kappa shape index (κ3) is 5.25. The fourth-order valence-electron chi connectivity index (χ4n) is 4.20. The summed E-state index contributed by atoms with van der Waals surface area (Å²) < 4.78 is 5.18. The van der Waals surface area contributed by atoms with Gasteiger partial charge in [0.1, 0.15) is 17.3 Å². The lowest BCUT2D eigenvalue weighted by molar-refractivity contribution is 0.0740. The van der Waals surface area contributed by atoms with E-state index in [1.54, 1.807) is 12.0 Å². The summed E-state index contributed by atoms with van der Waals surface area (Å²) in [6.07, 6.45) is 0.409. The fourth-order valence-corrected chi connectivity index (χ4v) is 4.20. The van der Waals surface area contributed by atoms with Crippen molar-refractivity contribution in [1.29, 1.82) is 0 Å². The van der Waals surface area contributed by atoms with Crippen LogP contribution in [0.1, 0.15) is 21.9 Å². The summed E-state index contributed by atoms with van der Waals surface area (Å²) in [7, 11) is 1.61. The summed E-state index contributed by atoms with van der Waals surface area (Å²) in [5, 5.41) is 8.75. The molecule has 4 aromatic rings. The largest absolute Gasteiger partial charge is 0.497 e. The van der Waals surface area contributed by atoms with Crippen molar-refractivity contribution in [3.8, 4) is 17.0 Å². The van der Waals surface area contributed by atoms with Crippen LogP contribution in [0.3, 0.4) is 0 Å². The van der Waals surface area contributed by atoms with E-state index in [-0.39, 0.29) is 17.2 Å². The SMILES string of the molecule is COc1ccc(Cc2nc(C(=O)N3CCN(c4ccc(-c5ccccc5)nn4)CC3)cc(=O)[nH]2)cc1. The lowest BCUT2D eigenvalue weighted by atomic mass is 10.1. The standard InChI is InChI=1S/C27H26N6O3/c1-36-21-9-7-19(8-10-21)17-24-28-23(18-26(34)29-24)27(35)33-15-13-32(14-16-33)25-12-11-22(30-31-25)20-5-3-2-4-6-20/h2-12,18H,13-17H2,1H3,(H,28,29,34). The first-order chi connectivity index (χ1) is 17.6. The van der Waals surface area contributed by atoms with Gasteiger partial charge in [0, 0.05) is 44.2 Å². The van der Waals surface area contributed by atoms with Gasteiger partial charge in [-0.3, -0.25) is 9.59 Å². The van der Waals surface area contributed by atoms with Gasteiger partial charge in [-0.15, -0.1) is 10.2 Å². The molecule has 182 valence electrons. The molecule has 1 amide bonds. The molecule has 5 rings (SSSR count). The van der Waals surface area contributed by atoms with Crippen molar-refractivity contribution in [3.05, 3.63) is 100 Å². The second-order valence-corrected chi connectivity index (χ2v) is 8.52. The zero-order valence-electron chi connectivity index (χ0n) is 19.9. The normalized spacial score (nSPS) is 13.5. The predicted octanol–water partition coefficient (Wildman–Crippen LogP) is 2.79. The Morgan fingerprint density at radius 1 is 0.944 bits per heavy atom. The molecule has 1 fully saturated rings. The molecule has 3 heterocycles. The van der Waals surface area contributed by atoms with Gasteiger partial charge in [-0.2, -0.15) is 0 Å². The number of benzene rings is 2. The number of hydrogen-bond acceptors (Lipinski definition) is 7. The van der Waals surface area contributed by atoms with E-state index in [0.717, 1.165) is 28.4 Å². The highest BCUT2D eigenvalue weighted by atomic mass is 16.5. The number of carbonyl (C=O) groups excluding carboxylic acids is 1. The summed E-state index contributed by atoms with van der Waals surface area (Å²) in [5.74, 6) is 1.73. The molecule has 2 aromatic carbocycles. The highest BCUT2D eigenvalue weighted by molar-refractivity contribution is 5.92. The van der Waals surface area contributed by atoms with Gasteiger partial charge >= 0.3 is 0 Å². The number of H-pyrrole nitrogens is 1. The maximum Gasteiger partial charge on any atom is 0.272 e. The quantitative estimate of drug-likeness (QED) is 0.451. The Balaban J connectivity index is 1.22. The lowest BCUT2D eigenvalue weighted by Crippen LogP contribution is -2.49. The van der Waals surface area contributed by atoms with E-state index in [9.17, 15) is 9.59 Å². The van der Waals surface area contributed by atoms with Crippen molar-refractivity contribution >= 4 is 11.7 Å². The summed E-state index contributed by atoms with van der Waals surface area (Å²) in [4.78, 5) is 36.4. The number of rotatable bonds is 6. The summed E-state index contributed by atoms with van der Waals surface area (Å²) in [5.41, 5.74) is 2.60. The van der Waals surface area contributed by atoms with Crippen molar-refractivity contribution in [2.45, 2.75) is 6.42 Å². The molecular formula is C27H26N6O3. The van der Waals surface area contributed by atoms with Gasteiger partial charge in [0.25, 0.3) is 11.5 Å². The maximum atomic E-state index is 13.1. The molecule has 0 bridgehead atoms. The van der Waals surface area contributed by atoms with Crippen LogP contribution in [0.15, 0.2) is 77.6 Å². The van der Waals surface area contributed by atoms with Gasteiger partial charge in [-0.25, -0.2) is 4.98 Å². The van der Waals surface area contributed by atoms with Gasteiger partial charge in [0.05, 0.1) is 12.8 Å². The van der Waals surface area contributed by atoms with Crippen LogP contribution >= 0.6 is 0 Å². The fraction of sp³-hybridized carbons (Fsp3) is 0.222. The Kier molecular flexibility index (Phi) is 6.70. The molecule has 9 nitrogen and oxygen atoms in total. The molecule has 0 atom stereocenters. The van der Waals surface area contributed by atoms with E-state index < -0.39 is 0 Å². The molecule has 0 radical (unpaired) electrons. The number of carbonyl (C=O) groups is 1. The van der Waals surface area contributed by atoms with Gasteiger partial charge in [0.15, 0.2) is 5.82 Å². The lowest BCUT2D eigenvalue weighted by Gasteiger charge is -2.35. The zero-order valence-corrected chi connectivity index (χ0v) is 19.9. The van der Waals surface area contributed by atoms with Crippen molar-refractivity contribution < 1.29 is 9.53 Å². The molecule has 0 aliphatic carbocycles. The molecule has 36 heavy (non-hydrogen) atoms. The van der Waals surface area contributed by atoms with Crippen molar-refractivity contribution in [2.24, 2.45) is 0 Å². The van der Waals surface area contributed by atoms with Crippen LogP contribution in [0.25, 0.3) is 11.3 Å². The van der Waals surface area contributed by atoms with E-state index >= 15 is 0 Å². The van der Waals surface area contributed by atoms with Gasteiger partial charge in [-0.1, -0.05) is 42.5 Å². The Labute approximate surface area is 208 Å². The smallest absolute Gasteiger partial charge is 0.272 e. The van der Waals surface area contributed by atoms with Gasteiger partial charge < -0.3 is 19.5 Å². The molecule has 1 N–H and O–H groups in total. The van der Waals surface area contributed by atoms with Crippen LogP contribution < -0.4 is 15.2 Å². The van der Waals surface area contributed by atoms with Crippen molar-refractivity contribution in [2.75, 3.05) is 38.2 Å². The van der Waals surface area contributed by atoms with Gasteiger partial charge in [0.2, 0.25) is 0 Å². The topological polar surface area (TPSA) is 104 Å². The molecule has 0 unspecified atom stereocenters. The molecule has 9 heteroatoms. The van der Waals surface area contributed by atoms with E-state index in [1.807, 2.05) is 66.7 Å². The number of nitrogens with one attached hydrogen (secondary N) is 1. The third-order valence-corrected chi connectivity index (χ3v) is 6.15. The Morgan fingerprint density at radius 3 is 2.36 bits per heavy atom. The third-order valence-electron chi connectivity index (χ3n) is 6.15. The summed E-state index contributed by atoms with van der Waals surface area (Å²) >= 11 is 0. The number of aromatic nitrogens is 4. The highest BCUT2D eigenvalue weighted by Gasteiger charge is 2.24. The number of aromatic amines is 1. The van der Waals surface area contributed by atoms with Crippen LogP contribution in [0.2, 0.25) is 0 Å². The second kappa shape index (κ2) is 10.4. The molecule has 0 saturated carbocycles. The number of hydrogen-bond donors (Lipinski definition) is 1. The number of piperazine rings is 1. The molecular weight excluding hydrogens is 456 g/mol. The molecule has 0 spiro atoms. The highest BCUT2D eigenvalue weighted by Crippen LogP contribution is 2.19. The number of anilines is 1.